The van der Waals surface area contributed by atoms with E-state index in [9.17, 15) is 0 Å². The average molecular weight is 559 g/mol. The smallest absolute Gasteiger partial charge is 0.0886 e. The minimum atomic E-state index is 0.876. The Morgan fingerprint density at radius 2 is 0.955 bits per heavy atom. The number of aromatic nitrogens is 2. The summed E-state index contributed by atoms with van der Waals surface area (Å²) in [4.78, 5) is 9.13. The lowest BCUT2D eigenvalue weighted by molar-refractivity contribution is 1.25. The Hall–Kier alpha value is -5.86. The molecule has 0 atom stereocenters. The van der Waals surface area contributed by atoms with Gasteiger partial charge in [-0.3, -0.25) is 9.97 Å². The van der Waals surface area contributed by atoms with Gasteiger partial charge in [-0.15, -0.1) is 0 Å². The van der Waals surface area contributed by atoms with Crippen LogP contribution in [-0.2, 0) is 0 Å². The SMILES string of the molecule is c1ccc(-c2ccc(-c3ccc(-c4cc(-c5ccc6ccccc6c5)c5ccc6cccc7ccc4c5c76)cc3)cn2)nc1. The summed E-state index contributed by atoms with van der Waals surface area (Å²) in [6, 6.07) is 52.6. The van der Waals surface area contributed by atoms with Crippen LogP contribution in [-0.4, -0.2) is 9.97 Å². The molecular formula is C42H26N2. The minimum Gasteiger partial charge on any atom is -0.255 e. The van der Waals surface area contributed by atoms with Crippen molar-refractivity contribution in [2.24, 2.45) is 0 Å². The standard InChI is InChI=1S/C42H26N2/c1-2-7-32-24-33(16-13-27(32)6-1)38-25-37(35-20-17-30-8-5-9-31-18-21-36(38)42(35)41(30)31)29-14-11-28(12-15-29)34-19-22-40(44-26-34)39-10-3-4-23-43-39/h1-26H. The fraction of sp³-hybridized carbons (Fsp3) is 0. The molecular weight excluding hydrogens is 532 g/mol. The first-order chi connectivity index (χ1) is 21.8. The number of rotatable bonds is 4. The monoisotopic (exact) mass is 558 g/mol. The normalized spacial score (nSPS) is 11.6. The third-order valence-electron chi connectivity index (χ3n) is 8.93. The molecule has 2 heteroatoms. The van der Waals surface area contributed by atoms with Crippen molar-refractivity contribution in [1.82, 2.24) is 9.97 Å². The van der Waals surface area contributed by atoms with Crippen LogP contribution < -0.4 is 0 Å². The van der Waals surface area contributed by atoms with E-state index in [1.807, 2.05) is 30.5 Å². The number of hydrogen-bond acceptors (Lipinski definition) is 2. The van der Waals surface area contributed by atoms with Crippen molar-refractivity contribution in [3.63, 3.8) is 0 Å². The van der Waals surface area contributed by atoms with Crippen LogP contribution in [0.5, 0.6) is 0 Å². The maximum Gasteiger partial charge on any atom is 0.0886 e. The van der Waals surface area contributed by atoms with Gasteiger partial charge in [0.25, 0.3) is 0 Å². The second-order valence-corrected chi connectivity index (χ2v) is 11.4. The van der Waals surface area contributed by atoms with Gasteiger partial charge in [0.05, 0.1) is 11.4 Å². The van der Waals surface area contributed by atoms with Gasteiger partial charge in [-0.2, -0.15) is 0 Å². The van der Waals surface area contributed by atoms with E-state index in [2.05, 4.69) is 126 Å². The van der Waals surface area contributed by atoms with Gasteiger partial charge in [-0.25, -0.2) is 0 Å². The first-order valence-corrected chi connectivity index (χ1v) is 15.0. The molecule has 0 saturated heterocycles. The highest BCUT2D eigenvalue weighted by Gasteiger charge is 2.17. The Morgan fingerprint density at radius 3 is 1.68 bits per heavy atom. The summed E-state index contributed by atoms with van der Waals surface area (Å²) in [5.41, 5.74) is 8.92. The zero-order valence-corrected chi connectivity index (χ0v) is 23.9. The van der Waals surface area contributed by atoms with Crippen molar-refractivity contribution < 1.29 is 0 Å². The lowest BCUT2D eigenvalue weighted by atomic mass is 9.85. The van der Waals surface area contributed by atoms with Crippen LogP contribution in [0.25, 0.3) is 87.9 Å². The van der Waals surface area contributed by atoms with Crippen molar-refractivity contribution in [3.8, 4) is 44.8 Å². The summed E-state index contributed by atoms with van der Waals surface area (Å²) >= 11 is 0. The minimum absolute atomic E-state index is 0.876. The predicted octanol–water partition coefficient (Wildman–Crippen LogP) is 11.2. The second-order valence-electron chi connectivity index (χ2n) is 11.4. The fourth-order valence-electron chi connectivity index (χ4n) is 6.74. The largest absolute Gasteiger partial charge is 0.255 e. The molecule has 0 spiro atoms. The Labute approximate surface area is 255 Å². The molecule has 2 nitrogen and oxygen atoms in total. The number of pyridine rings is 2. The molecule has 0 aliphatic carbocycles. The summed E-state index contributed by atoms with van der Waals surface area (Å²) in [7, 11) is 0. The second kappa shape index (κ2) is 9.86. The van der Waals surface area contributed by atoms with Gasteiger partial charge in [0.15, 0.2) is 0 Å². The van der Waals surface area contributed by atoms with E-state index in [0.717, 1.165) is 22.5 Å². The predicted molar refractivity (Wildman–Crippen MR) is 185 cm³/mol. The molecule has 0 amide bonds. The molecule has 0 bridgehead atoms. The van der Waals surface area contributed by atoms with Gasteiger partial charge in [0.2, 0.25) is 0 Å². The van der Waals surface area contributed by atoms with Crippen molar-refractivity contribution >= 4 is 43.1 Å². The van der Waals surface area contributed by atoms with E-state index in [1.165, 1.54) is 65.3 Å². The number of fused-ring (bicyclic) bond motifs is 1. The van der Waals surface area contributed by atoms with Crippen LogP contribution in [0, 0.1) is 0 Å². The quantitative estimate of drug-likeness (QED) is 0.201. The summed E-state index contributed by atoms with van der Waals surface area (Å²) in [6.45, 7) is 0. The highest BCUT2D eigenvalue weighted by Crippen LogP contribution is 2.44. The highest BCUT2D eigenvalue weighted by molar-refractivity contribution is 6.28. The van der Waals surface area contributed by atoms with Crippen LogP contribution in [0.3, 0.4) is 0 Å². The molecule has 204 valence electrons. The number of benzene rings is 7. The molecule has 2 heterocycles. The fourth-order valence-corrected chi connectivity index (χ4v) is 6.74. The average Bonchev–Trinajstić information content (AvgIpc) is 3.11. The van der Waals surface area contributed by atoms with Gasteiger partial charge >= 0.3 is 0 Å². The van der Waals surface area contributed by atoms with Crippen molar-refractivity contribution in [1.29, 1.82) is 0 Å². The molecule has 0 aliphatic rings. The highest BCUT2D eigenvalue weighted by atomic mass is 14.8. The zero-order chi connectivity index (χ0) is 29.0. The molecule has 0 N–H and O–H groups in total. The maximum absolute atomic E-state index is 4.70. The van der Waals surface area contributed by atoms with Crippen molar-refractivity contribution in [2.75, 3.05) is 0 Å². The van der Waals surface area contributed by atoms with E-state index >= 15 is 0 Å². The Morgan fingerprint density at radius 1 is 0.341 bits per heavy atom. The topological polar surface area (TPSA) is 25.8 Å². The maximum atomic E-state index is 4.70. The van der Waals surface area contributed by atoms with Crippen LogP contribution in [0.1, 0.15) is 0 Å². The molecule has 0 saturated carbocycles. The molecule has 0 aliphatic heterocycles. The molecule has 7 aromatic carbocycles. The molecule has 9 aromatic rings. The number of nitrogens with zero attached hydrogens (tertiary/aromatic N) is 2. The van der Waals surface area contributed by atoms with Crippen LogP contribution in [0.15, 0.2) is 158 Å². The van der Waals surface area contributed by atoms with E-state index in [1.54, 1.807) is 6.20 Å². The summed E-state index contributed by atoms with van der Waals surface area (Å²) < 4.78 is 0. The Kier molecular flexibility index (Phi) is 5.54. The van der Waals surface area contributed by atoms with Gasteiger partial charge in [0.1, 0.15) is 0 Å². The summed E-state index contributed by atoms with van der Waals surface area (Å²) in [5.74, 6) is 0. The molecule has 44 heavy (non-hydrogen) atoms. The summed E-state index contributed by atoms with van der Waals surface area (Å²) in [6.07, 6.45) is 3.74. The van der Waals surface area contributed by atoms with Crippen molar-refractivity contribution in [3.05, 3.63) is 158 Å². The van der Waals surface area contributed by atoms with Gasteiger partial charge < -0.3 is 0 Å². The first kappa shape index (κ1) is 24.7. The van der Waals surface area contributed by atoms with Gasteiger partial charge in [-0.1, -0.05) is 115 Å². The summed E-state index contributed by atoms with van der Waals surface area (Å²) in [5, 5.41) is 10.3. The lowest BCUT2D eigenvalue weighted by Gasteiger charge is -2.18. The lowest BCUT2D eigenvalue weighted by Crippen LogP contribution is -1.91. The molecule has 0 fully saturated rings. The van der Waals surface area contributed by atoms with E-state index in [-0.39, 0.29) is 0 Å². The van der Waals surface area contributed by atoms with Gasteiger partial charge in [-0.05, 0) is 101 Å². The third-order valence-corrected chi connectivity index (χ3v) is 8.93. The third kappa shape index (κ3) is 3.96. The van der Waals surface area contributed by atoms with Crippen LogP contribution >= 0.6 is 0 Å². The van der Waals surface area contributed by atoms with Gasteiger partial charge in [0, 0.05) is 18.0 Å². The van der Waals surface area contributed by atoms with E-state index in [0.29, 0.717) is 0 Å². The Balaban J connectivity index is 1.21. The molecule has 9 rings (SSSR count). The molecule has 2 aromatic heterocycles. The number of hydrogen-bond donors (Lipinski definition) is 0. The van der Waals surface area contributed by atoms with Crippen LogP contribution in [0.4, 0.5) is 0 Å². The first-order valence-electron chi connectivity index (χ1n) is 15.0. The zero-order valence-electron chi connectivity index (χ0n) is 23.9. The Bertz CT molecular complexity index is 2440. The van der Waals surface area contributed by atoms with Crippen molar-refractivity contribution in [2.45, 2.75) is 0 Å². The molecule has 0 radical (unpaired) electrons. The van der Waals surface area contributed by atoms with E-state index in [4.69, 9.17) is 4.98 Å². The van der Waals surface area contributed by atoms with E-state index < -0.39 is 0 Å². The molecule has 0 unspecified atom stereocenters. The van der Waals surface area contributed by atoms with Crippen LogP contribution in [0.2, 0.25) is 0 Å².